The van der Waals surface area contributed by atoms with Gasteiger partial charge in [0.25, 0.3) is 0 Å². The first kappa shape index (κ1) is 13.2. The minimum Gasteiger partial charge on any atom is -0.234 e. The van der Waals surface area contributed by atoms with Crippen LogP contribution in [0.4, 0.5) is 0 Å². The summed E-state index contributed by atoms with van der Waals surface area (Å²) in [7, 11) is 0. The molecule has 0 N–H and O–H groups in total. The quantitative estimate of drug-likeness (QED) is 0.551. The largest absolute Gasteiger partial charge is 0.234 e. The van der Waals surface area contributed by atoms with Crippen molar-refractivity contribution in [2.24, 2.45) is 0 Å². The van der Waals surface area contributed by atoms with Gasteiger partial charge in [0, 0.05) is 17.1 Å². The minimum absolute atomic E-state index is 0.636. The van der Waals surface area contributed by atoms with E-state index in [-0.39, 0.29) is 0 Å². The lowest BCUT2D eigenvalue weighted by molar-refractivity contribution is 0.948. The van der Waals surface area contributed by atoms with Gasteiger partial charge >= 0.3 is 0 Å². The monoisotopic (exact) mass is 322 g/mol. The first-order chi connectivity index (χ1) is 10.8. The molecule has 0 saturated heterocycles. The maximum Gasteiger partial charge on any atom is 0.133 e. The summed E-state index contributed by atoms with van der Waals surface area (Å²) in [5.41, 5.74) is 3.68. The van der Waals surface area contributed by atoms with Crippen molar-refractivity contribution in [3.63, 3.8) is 0 Å². The molecule has 6 heteroatoms. The predicted molar refractivity (Wildman–Crippen MR) is 89.1 cm³/mol. The molecule has 0 radical (unpaired) electrons. The lowest BCUT2D eigenvalue weighted by Gasteiger charge is -1.96. The number of nitrogens with zero attached hydrogens (tertiary/aromatic N) is 4. The number of benzene rings is 1. The summed E-state index contributed by atoms with van der Waals surface area (Å²) in [5, 5.41) is 16.8. The van der Waals surface area contributed by atoms with Crippen LogP contribution in [0.5, 0.6) is 0 Å². The van der Waals surface area contributed by atoms with E-state index in [1.165, 1.54) is 11.3 Å². The number of hydrogen-bond acceptors (Lipinski definition) is 5. The number of hydrogen-bond donors (Lipinski definition) is 0. The SMILES string of the molecule is Cc1nn2ccsc2c1-c1nc(-c2ccccc2)c(C#N)s1. The molecule has 4 rings (SSSR count). The van der Waals surface area contributed by atoms with Crippen molar-refractivity contribution in [2.45, 2.75) is 6.92 Å². The van der Waals surface area contributed by atoms with Gasteiger partial charge in [-0.1, -0.05) is 30.3 Å². The Labute approximate surface area is 134 Å². The molecule has 1 aromatic carbocycles. The lowest BCUT2D eigenvalue weighted by Crippen LogP contribution is -1.82. The van der Waals surface area contributed by atoms with Crippen molar-refractivity contribution >= 4 is 27.5 Å². The highest BCUT2D eigenvalue weighted by molar-refractivity contribution is 7.18. The average molecular weight is 322 g/mol. The van der Waals surface area contributed by atoms with Gasteiger partial charge in [0.2, 0.25) is 0 Å². The Bertz CT molecular complexity index is 1000. The lowest BCUT2D eigenvalue weighted by atomic mass is 10.1. The van der Waals surface area contributed by atoms with E-state index in [9.17, 15) is 5.26 Å². The topological polar surface area (TPSA) is 54.0 Å². The smallest absolute Gasteiger partial charge is 0.133 e. The van der Waals surface area contributed by atoms with Gasteiger partial charge in [-0.15, -0.1) is 22.7 Å². The van der Waals surface area contributed by atoms with E-state index in [1.54, 1.807) is 11.3 Å². The van der Waals surface area contributed by atoms with E-state index < -0.39 is 0 Å². The van der Waals surface area contributed by atoms with Crippen LogP contribution in [0.1, 0.15) is 10.6 Å². The Hall–Kier alpha value is -2.49. The van der Waals surface area contributed by atoms with Crippen molar-refractivity contribution in [3.05, 3.63) is 52.5 Å². The van der Waals surface area contributed by atoms with E-state index >= 15 is 0 Å². The first-order valence-electron chi connectivity index (χ1n) is 6.67. The maximum atomic E-state index is 9.44. The van der Waals surface area contributed by atoms with Crippen molar-refractivity contribution < 1.29 is 0 Å². The molecule has 0 atom stereocenters. The van der Waals surface area contributed by atoms with Gasteiger partial charge in [0.05, 0.1) is 17.0 Å². The van der Waals surface area contributed by atoms with Gasteiger partial charge in [-0.25, -0.2) is 9.50 Å². The zero-order valence-electron chi connectivity index (χ0n) is 11.6. The number of fused-ring (bicyclic) bond motifs is 1. The standard InChI is InChI=1S/C16H10N4S2/c1-10-13(16-20(19-10)7-8-21-16)15-18-14(12(9-17)22-15)11-5-3-2-4-6-11/h2-8H,1H3. The van der Waals surface area contributed by atoms with Crippen LogP contribution in [0.2, 0.25) is 0 Å². The summed E-state index contributed by atoms with van der Waals surface area (Å²) in [6.07, 6.45) is 1.94. The fraction of sp³-hybridized carbons (Fsp3) is 0.0625. The van der Waals surface area contributed by atoms with Crippen molar-refractivity contribution in [3.8, 4) is 27.9 Å². The molecule has 4 nitrogen and oxygen atoms in total. The molecule has 0 spiro atoms. The summed E-state index contributed by atoms with van der Waals surface area (Å²) in [4.78, 5) is 6.43. The molecule has 3 heterocycles. The van der Waals surface area contributed by atoms with Crippen LogP contribution in [0.15, 0.2) is 41.9 Å². The van der Waals surface area contributed by atoms with Crippen molar-refractivity contribution in [2.75, 3.05) is 0 Å². The molecule has 0 aliphatic heterocycles. The Morgan fingerprint density at radius 2 is 2.05 bits per heavy atom. The number of aromatic nitrogens is 3. The molecule has 4 aromatic rings. The molecule has 0 saturated carbocycles. The number of thiazole rings is 2. The van der Waals surface area contributed by atoms with Gasteiger partial charge in [-0.3, -0.25) is 0 Å². The summed E-state index contributed by atoms with van der Waals surface area (Å²) < 4.78 is 1.87. The van der Waals surface area contributed by atoms with E-state index in [1.807, 2.05) is 53.3 Å². The molecule has 106 valence electrons. The maximum absolute atomic E-state index is 9.44. The molecule has 0 bridgehead atoms. The second-order valence-corrected chi connectivity index (χ2v) is 6.68. The third-order valence-corrected chi connectivity index (χ3v) is 5.26. The van der Waals surface area contributed by atoms with Crippen LogP contribution >= 0.6 is 22.7 Å². The van der Waals surface area contributed by atoms with E-state index in [2.05, 4.69) is 11.2 Å². The second-order valence-electron chi connectivity index (χ2n) is 4.79. The van der Waals surface area contributed by atoms with E-state index in [4.69, 9.17) is 4.98 Å². The highest BCUT2D eigenvalue weighted by Crippen LogP contribution is 2.37. The van der Waals surface area contributed by atoms with Crippen LogP contribution in [0.25, 0.3) is 26.7 Å². The fourth-order valence-corrected chi connectivity index (χ4v) is 4.36. The molecule has 0 unspecified atom stereocenters. The van der Waals surface area contributed by atoms with Gasteiger partial charge < -0.3 is 0 Å². The van der Waals surface area contributed by atoms with Crippen LogP contribution in [-0.2, 0) is 0 Å². The Balaban J connectivity index is 1.95. The van der Waals surface area contributed by atoms with Crippen LogP contribution in [0, 0.1) is 18.3 Å². The van der Waals surface area contributed by atoms with Crippen LogP contribution < -0.4 is 0 Å². The van der Waals surface area contributed by atoms with Crippen LogP contribution in [-0.4, -0.2) is 14.6 Å². The Morgan fingerprint density at radius 1 is 1.23 bits per heavy atom. The minimum atomic E-state index is 0.636. The number of rotatable bonds is 2. The third kappa shape index (κ3) is 1.95. The van der Waals surface area contributed by atoms with Gasteiger partial charge in [-0.2, -0.15) is 10.4 Å². The normalized spacial score (nSPS) is 10.9. The predicted octanol–water partition coefficient (Wildman–Crippen LogP) is 4.37. The zero-order chi connectivity index (χ0) is 15.1. The zero-order valence-corrected chi connectivity index (χ0v) is 13.3. The van der Waals surface area contributed by atoms with Crippen LogP contribution in [0.3, 0.4) is 0 Å². The van der Waals surface area contributed by atoms with Crippen molar-refractivity contribution in [1.82, 2.24) is 14.6 Å². The Morgan fingerprint density at radius 3 is 2.82 bits per heavy atom. The second kappa shape index (κ2) is 5.05. The molecule has 3 aromatic heterocycles. The molecule has 0 amide bonds. The fourth-order valence-electron chi connectivity index (χ4n) is 2.43. The first-order valence-corrected chi connectivity index (χ1v) is 8.36. The molecule has 0 fully saturated rings. The van der Waals surface area contributed by atoms with E-state index in [0.29, 0.717) is 4.88 Å². The van der Waals surface area contributed by atoms with Gasteiger partial charge in [0.15, 0.2) is 0 Å². The highest BCUT2D eigenvalue weighted by Gasteiger charge is 2.19. The molecule has 0 aliphatic carbocycles. The molecule has 22 heavy (non-hydrogen) atoms. The average Bonchev–Trinajstić information content (AvgIpc) is 3.21. The molecular formula is C16H10N4S2. The van der Waals surface area contributed by atoms with Crippen molar-refractivity contribution in [1.29, 1.82) is 5.26 Å². The highest BCUT2D eigenvalue weighted by atomic mass is 32.1. The third-order valence-electron chi connectivity index (χ3n) is 3.41. The number of nitriles is 1. The van der Waals surface area contributed by atoms with E-state index in [0.717, 1.165) is 32.4 Å². The Kier molecular flexibility index (Phi) is 3.03. The summed E-state index contributed by atoms with van der Waals surface area (Å²) in [6.45, 7) is 1.98. The van der Waals surface area contributed by atoms with Gasteiger partial charge in [-0.05, 0) is 6.92 Å². The summed E-state index contributed by atoms with van der Waals surface area (Å²) in [6, 6.07) is 12.1. The number of aryl methyl sites for hydroxylation is 1. The molecule has 0 aliphatic rings. The summed E-state index contributed by atoms with van der Waals surface area (Å²) in [5.74, 6) is 0. The molecular weight excluding hydrogens is 312 g/mol. The van der Waals surface area contributed by atoms with Gasteiger partial charge in [0.1, 0.15) is 20.8 Å². The summed E-state index contributed by atoms with van der Waals surface area (Å²) >= 11 is 3.06.